The topological polar surface area (TPSA) is 102 Å². The molecule has 2 aromatic rings. The molecule has 0 bridgehead atoms. The van der Waals surface area contributed by atoms with E-state index in [4.69, 9.17) is 21.1 Å². The van der Waals surface area contributed by atoms with E-state index in [-0.39, 0.29) is 28.6 Å². The van der Waals surface area contributed by atoms with Crippen molar-refractivity contribution in [3.8, 4) is 5.75 Å². The summed E-state index contributed by atoms with van der Waals surface area (Å²) < 4.78 is 35.4. The molecule has 10 heteroatoms. The van der Waals surface area contributed by atoms with Gasteiger partial charge in [-0.2, -0.15) is 0 Å². The van der Waals surface area contributed by atoms with E-state index in [1.165, 1.54) is 37.4 Å². The molecule has 0 aliphatic rings. The summed E-state index contributed by atoms with van der Waals surface area (Å²) in [6.07, 6.45) is 0.977. The summed E-state index contributed by atoms with van der Waals surface area (Å²) in [5.41, 5.74) is 0.588. The van der Waals surface area contributed by atoms with Crippen molar-refractivity contribution in [3.63, 3.8) is 0 Å². The van der Waals surface area contributed by atoms with Crippen LogP contribution in [0.2, 0.25) is 5.02 Å². The largest absolute Gasteiger partial charge is 0.495 e. The van der Waals surface area contributed by atoms with Crippen molar-refractivity contribution < 1.29 is 27.5 Å². The molecule has 0 aromatic heterocycles. The van der Waals surface area contributed by atoms with Crippen LogP contribution in [0, 0.1) is 0 Å². The molecule has 0 aliphatic heterocycles. The van der Waals surface area contributed by atoms with Crippen LogP contribution in [0.4, 0.5) is 11.4 Å². The Morgan fingerprint density at radius 1 is 1.17 bits per heavy atom. The number of para-hydroxylation sites is 1. The lowest BCUT2D eigenvalue weighted by molar-refractivity contribution is -0.114. The number of hydrogen-bond donors (Lipinski definition) is 1. The summed E-state index contributed by atoms with van der Waals surface area (Å²) in [6, 6.07) is 10.7. The van der Waals surface area contributed by atoms with E-state index in [9.17, 15) is 18.0 Å². The number of ether oxygens (including phenoxy) is 2. The number of carbonyl (C=O) groups excluding carboxylic acids is 2. The number of nitrogens with one attached hydrogen (secondary N) is 1. The standard InChI is InChI=1S/C19H21ClN2O6S/c1-4-28-19(24)14-7-5-6-8-16(14)21-18(23)12-22(29(3,25)26)13-9-10-17(27-2)15(20)11-13/h5-11H,4,12H2,1-3H3,(H,21,23). The maximum absolute atomic E-state index is 12.6. The number of hydrogen-bond acceptors (Lipinski definition) is 6. The summed E-state index contributed by atoms with van der Waals surface area (Å²) in [7, 11) is -2.36. The zero-order chi connectivity index (χ0) is 21.6. The van der Waals surface area contributed by atoms with Gasteiger partial charge in [0.15, 0.2) is 0 Å². The van der Waals surface area contributed by atoms with E-state index in [1.807, 2.05) is 0 Å². The fraction of sp³-hybridized carbons (Fsp3) is 0.263. The van der Waals surface area contributed by atoms with E-state index >= 15 is 0 Å². The van der Waals surface area contributed by atoms with Crippen LogP contribution in [0.3, 0.4) is 0 Å². The molecule has 0 radical (unpaired) electrons. The van der Waals surface area contributed by atoms with Crippen molar-refractivity contribution >= 4 is 44.9 Å². The molecule has 1 N–H and O–H groups in total. The average Bonchev–Trinajstić information content (AvgIpc) is 2.65. The molecule has 29 heavy (non-hydrogen) atoms. The summed E-state index contributed by atoms with van der Waals surface area (Å²) >= 11 is 6.08. The second kappa shape index (κ2) is 9.62. The van der Waals surface area contributed by atoms with E-state index in [0.29, 0.717) is 5.75 Å². The second-order valence-corrected chi connectivity index (χ2v) is 8.22. The van der Waals surface area contributed by atoms with Gasteiger partial charge >= 0.3 is 5.97 Å². The smallest absolute Gasteiger partial charge is 0.340 e. The fourth-order valence-corrected chi connectivity index (χ4v) is 3.61. The third kappa shape index (κ3) is 5.85. The number of methoxy groups -OCH3 is 1. The SMILES string of the molecule is CCOC(=O)c1ccccc1NC(=O)CN(c1ccc(OC)c(Cl)c1)S(C)(=O)=O. The van der Waals surface area contributed by atoms with Crippen molar-refractivity contribution in [2.24, 2.45) is 0 Å². The van der Waals surface area contributed by atoms with Gasteiger partial charge in [0.1, 0.15) is 12.3 Å². The van der Waals surface area contributed by atoms with E-state index in [1.54, 1.807) is 19.1 Å². The highest BCUT2D eigenvalue weighted by molar-refractivity contribution is 7.92. The van der Waals surface area contributed by atoms with Gasteiger partial charge in [-0.05, 0) is 37.3 Å². The van der Waals surface area contributed by atoms with Crippen LogP contribution in [0.25, 0.3) is 0 Å². The summed E-state index contributed by atoms with van der Waals surface area (Å²) in [4.78, 5) is 24.6. The lowest BCUT2D eigenvalue weighted by atomic mass is 10.2. The molecule has 0 atom stereocenters. The number of benzene rings is 2. The first-order chi connectivity index (χ1) is 13.7. The fourth-order valence-electron chi connectivity index (χ4n) is 2.51. The van der Waals surface area contributed by atoms with E-state index < -0.39 is 28.4 Å². The monoisotopic (exact) mass is 440 g/mol. The van der Waals surface area contributed by atoms with Crippen LogP contribution < -0.4 is 14.4 Å². The zero-order valence-corrected chi connectivity index (χ0v) is 17.7. The van der Waals surface area contributed by atoms with Gasteiger partial charge in [0.05, 0.1) is 41.9 Å². The molecule has 0 heterocycles. The minimum atomic E-state index is -3.80. The minimum Gasteiger partial charge on any atom is -0.495 e. The maximum atomic E-state index is 12.6. The molecule has 2 aromatic carbocycles. The van der Waals surface area contributed by atoms with Crippen molar-refractivity contribution in [2.75, 3.05) is 36.1 Å². The highest BCUT2D eigenvalue weighted by Crippen LogP contribution is 2.30. The van der Waals surface area contributed by atoms with Crippen LogP contribution in [-0.2, 0) is 19.6 Å². The van der Waals surface area contributed by atoms with Crippen LogP contribution in [-0.4, -0.2) is 46.8 Å². The van der Waals surface area contributed by atoms with Gasteiger partial charge in [-0.15, -0.1) is 0 Å². The number of halogens is 1. The summed E-state index contributed by atoms with van der Waals surface area (Å²) in [5.74, 6) is -0.860. The third-order valence-corrected chi connectivity index (χ3v) is 5.24. The predicted octanol–water partition coefficient (Wildman–Crippen LogP) is 2.93. The Morgan fingerprint density at radius 3 is 2.45 bits per heavy atom. The van der Waals surface area contributed by atoms with Gasteiger partial charge in [-0.1, -0.05) is 23.7 Å². The zero-order valence-electron chi connectivity index (χ0n) is 16.1. The van der Waals surface area contributed by atoms with Gasteiger partial charge in [0.25, 0.3) is 0 Å². The first kappa shape index (κ1) is 22.5. The van der Waals surface area contributed by atoms with Gasteiger partial charge in [0.2, 0.25) is 15.9 Å². The molecule has 156 valence electrons. The number of esters is 1. The molecular formula is C19H21ClN2O6S. The number of nitrogens with zero attached hydrogens (tertiary/aromatic N) is 1. The quantitative estimate of drug-likeness (QED) is 0.633. The van der Waals surface area contributed by atoms with Crippen LogP contribution in [0.1, 0.15) is 17.3 Å². The number of amides is 1. The highest BCUT2D eigenvalue weighted by Gasteiger charge is 2.23. The van der Waals surface area contributed by atoms with Crippen LogP contribution >= 0.6 is 11.6 Å². The number of rotatable bonds is 8. The second-order valence-electron chi connectivity index (χ2n) is 5.90. The molecule has 0 saturated heterocycles. The first-order valence-corrected chi connectivity index (χ1v) is 10.8. The van der Waals surface area contributed by atoms with Crippen LogP contribution in [0.15, 0.2) is 42.5 Å². The summed E-state index contributed by atoms with van der Waals surface area (Å²) in [5, 5.41) is 2.76. The number of sulfonamides is 1. The van der Waals surface area contributed by atoms with Gasteiger partial charge in [0, 0.05) is 0 Å². The molecule has 2 rings (SSSR count). The minimum absolute atomic E-state index is 0.168. The van der Waals surface area contributed by atoms with Gasteiger partial charge in [-0.25, -0.2) is 13.2 Å². The molecule has 0 saturated carbocycles. The molecule has 0 fully saturated rings. The Bertz CT molecular complexity index is 1010. The molecular weight excluding hydrogens is 420 g/mol. The van der Waals surface area contributed by atoms with E-state index in [2.05, 4.69) is 5.32 Å². The lowest BCUT2D eigenvalue weighted by Gasteiger charge is -2.22. The van der Waals surface area contributed by atoms with Crippen molar-refractivity contribution in [2.45, 2.75) is 6.92 Å². The molecule has 0 unspecified atom stereocenters. The molecule has 0 aliphatic carbocycles. The maximum Gasteiger partial charge on any atom is 0.340 e. The Labute approximate surface area is 174 Å². The van der Waals surface area contributed by atoms with Crippen molar-refractivity contribution in [1.29, 1.82) is 0 Å². The number of anilines is 2. The Hall–Kier alpha value is -2.78. The van der Waals surface area contributed by atoms with Crippen LogP contribution in [0.5, 0.6) is 5.75 Å². The predicted molar refractivity (Wildman–Crippen MR) is 111 cm³/mol. The lowest BCUT2D eigenvalue weighted by Crippen LogP contribution is -2.37. The Morgan fingerprint density at radius 2 is 1.86 bits per heavy atom. The molecule has 1 amide bonds. The average molecular weight is 441 g/mol. The summed E-state index contributed by atoms with van der Waals surface area (Å²) in [6.45, 7) is 1.34. The Kier molecular flexibility index (Phi) is 7.46. The molecule has 8 nitrogen and oxygen atoms in total. The van der Waals surface area contributed by atoms with E-state index in [0.717, 1.165) is 10.6 Å². The van der Waals surface area contributed by atoms with Crippen molar-refractivity contribution in [1.82, 2.24) is 0 Å². The first-order valence-electron chi connectivity index (χ1n) is 8.54. The van der Waals surface area contributed by atoms with Gasteiger partial charge < -0.3 is 14.8 Å². The highest BCUT2D eigenvalue weighted by atomic mass is 35.5. The van der Waals surface area contributed by atoms with Crippen molar-refractivity contribution in [3.05, 3.63) is 53.1 Å². The normalized spacial score (nSPS) is 10.9. The molecule has 0 spiro atoms. The number of carbonyl (C=O) groups is 2. The third-order valence-electron chi connectivity index (χ3n) is 3.81. The van der Waals surface area contributed by atoms with Gasteiger partial charge in [-0.3, -0.25) is 9.10 Å². The Balaban J connectivity index is 2.27.